The predicted octanol–water partition coefficient (Wildman–Crippen LogP) is 2.30. The van der Waals surface area contributed by atoms with E-state index in [2.05, 4.69) is 18.3 Å². The Morgan fingerprint density at radius 3 is 2.48 bits per heavy atom. The zero-order valence-electron chi connectivity index (χ0n) is 12.9. The molecule has 0 unspecified atom stereocenters. The van der Waals surface area contributed by atoms with Crippen molar-refractivity contribution in [2.45, 2.75) is 32.7 Å². The van der Waals surface area contributed by atoms with E-state index in [9.17, 15) is 4.79 Å². The number of nitrogens with zero attached hydrogens (tertiary/aromatic N) is 2. The van der Waals surface area contributed by atoms with Gasteiger partial charge in [-0.1, -0.05) is 19.1 Å². The lowest BCUT2D eigenvalue weighted by atomic mass is 9.75. The number of nitriles is 1. The van der Waals surface area contributed by atoms with Crippen LogP contribution in [0, 0.1) is 16.7 Å². The highest BCUT2D eigenvalue weighted by molar-refractivity contribution is 5.82. The molecule has 1 saturated heterocycles. The molecule has 1 aromatic rings. The van der Waals surface area contributed by atoms with Crippen LogP contribution in [0.2, 0.25) is 0 Å². The molecule has 0 spiro atoms. The molecule has 0 bridgehead atoms. The zero-order chi connectivity index (χ0) is 15.3. The van der Waals surface area contributed by atoms with Gasteiger partial charge in [-0.15, -0.1) is 0 Å². The Labute approximate surface area is 126 Å². The van der Waals surface area contributed by atoms with Crippen LogP contribution in [0.5, 0.6) is 0 Å². The number of piperidine rings is 1. The molecule has 1 heterocycles. The topological polar surface area (TPSA) is 56.1 Å². The van der Waals surface area contributed by atoms with Gasteiger partial charge in [0.05, 0.1) is 17.0 Å². The lowest BCUT2D eigenvalue weighted by Gasteiger charge is -2.38. The van der Waals surface area contributed by atoms with Crippen molar-refractivity contribution in [3.05, 3.63) is 35.4 Å². The summed E-state index contributed by atoms with van der Waals surface area (Å²) in [6.07, 6.45) is 2.73. The summed E-state index contributed by atoms with van der Waals surface area (Å²) in [7, 11) is 1.87. The van der Waals surface area contributed by atoms with Gasteiger partial charge in [0.2, 0.25) is 5.91 Å². The SMILES string of the molecule is CCC1(C(=O)N(C)Cc2ccc(C#N)cc2)CCNCC1. The van der Waals surface area contributed by atoms with Crippen LogP contribution < -0.4 is 5.32 Å². The van der Waals surface area contributed by atoms with Crippen molar-refractivity contribution in [2.75, 3.05) is 20.1 Å². The second-order valence-electron chi connectivity index (χ2n) is 5.85. The van der Waals surface area contributed by atoms with Gasteiger partial charge < -0.3 is 10.2 Å². The highest BCUT2D eigenvalue weighted by Gasteiger charge is 2.39. The molecule has 4 heteroatoms. The maximum atomic E-state index is 12.8. The minimum absolute atomic E-state index is 0.202. The Balaban J connectivity index is 2.05. The Morgan fingerprint density at radius 2 is 1.95 bits per heavy atom. The monoisotopic (exact) mass is 285 g/mol. The van der Waals surface area contributed by atoms with Gasteiger partial charge in [0.25, 0.3) is 0 Å². The first-order valence-corrected chi connectivity index (χ1v) is 7.56. The average Bonchev–Trinajstić information content (AvgIpc) is 2.55. The van der Waals surface area contributed by atoms with Crippen LogP contribution in [0.1, 0.15) is 37.3 Å². The summed E-state index contributed by atoms with van der Waals surface area (Å²) in [5.74, 6) is 0.246. The lowest BCUT2D eigenvalue weighted by Crippen LogP contribution is -2.47. The zero-order valence-corrected chi connectivity index (χ0v) is 12.9. The molecular weight excluding hydrogens is 262 g/mol. The molecule has 112 valence electrons. The van der Waals surface area contributed by atoms with E-state index in [1.54, 1.807) is 12.1 Å². The molecule has 1 aliphatic rings. The molecule has 21 heavy (non-hydrogen) atoms. The molecule has 0 radical (unpaired) electrons. The van der Waals surface area contributed by atoms with Crippen LogP contribution in [-0.4, -0.2) is 30.9 Å². The molecule has 1 aliphatic heterocycles. The van der Waals surface area contributed by atoms with Gasteiger partial charge in [-0.05, 0) is 50.0 Å². The number of benzene rings is 1. The maximum absolute atomic E-state index is 12.8. The van der Waals surface area contributed by atoms with Crippen molar-refractivity contribution in [3.8, 4) is 6.07 Å². The minimum atomic E-state index is -0.202. The molecule has 1 fully saturated rings. The fraction of sp³-hybridized carbons (Fsp3) is 0.529. The Kier molecular flexibility index (Phi) is 4.98. The number of carbonyl (C=O) groups is 1. The quantitative estimate of drug-likeness (QED) is 0.923. The van der Waals surface area contributed by atoms with E-state index in [4.69, 9.17) is 5.26 Å². The van der Waals surface area contributed by atoms with Crippen molar-refractivity contribution >= 4 is 5.91 Å². The van der Waals surface area contributed by atoms with Crippen LogP contribution >= 0.6 is 0 Å². The molecule has 0 atom stereocenters. The molecule has 0 saturated carbocycles. The van der Waals surface area contributed by atoms with Crippen molar-refractivity contribution in [2.24, 2.45) is 5.41 Å². The summed E-state index contributed by atoms with van der Waals surface area (Å²) in [6, 6.07) is 9.55. The fourth-order valence-corrected chi connectivity index (χ4v) is 3.06. The van der Waals surface area contributed by atoms with Gasteiger partial charge >= 0.3 is 0 Å². The fourth-order valence-electron chi connectivity index (χ4n) is 3.06. The molecule has 1 N–H and O–H groups in total. The first-order chi connectivity index (χ1) is 10.1. The van der Waals surface area contributed by atoms with E-state index in [1.165, 1.54) is 0 Å². The van der Waals surface area contributed by atoms with Crippen LogP contribution in [0.4, 0.5) is 0 Å². The van der Waals surface area contributed by atoms with E-state index in [0.717, 1.165) is 37.9 Å². The number of hydrogen-bond acceptors (Lipinski definition) is 3. The molecule has 1 amide bonds. The van der Waals surface area contributed by atoms with Crippen molar-refractivity contribution in [3.63, 3.8) is 0 Å². The summed E-state index contributed by atoms with van der Waals surface area (Å²) < 4.78 is 0. The van der Waals surface area contributed by atoms with Gasteiger partial charge in [-0.2, -0.15) is 5.26 Å². The number of nitrogens with one attached hydrogen (secondary N) is 1. The van der Waals surface area contributed by atoms with Crippen molar-refractivity contribution in [1.29, 1.82) is 5.26 Å². The van der Waals surface area contributed by atoms with E-state index in [1.807, 2.05) is 24.1 Å². The summed E-state index contributed by atoms with van der Waals surface area (Å²) in [5.41, 5.74) is 1.51. The molecule has 0 aromatic heterocycles. The molecule has 1 aromatic carbocycles. The highest BCUT2D eigenvalue weighted by atomic mass is 16.2. The number of carbonyl (C=O) groups excluding carboxylic acids is 1. The Hall–Kier alpha value is -1.86. The first kappa shape index (κ1) is 15.5. The van der Waals surface area contributed by atoms with Gasteiger partial charge in [0.1, 0.15) is 0 Å². The summed E-state index contributed by atoms with van der Waals surface area (Å²) in [6.45, 7) is 4.55. The van der Waals surface area contributed by atoms with E-state index in [-0.39, 0.29) is 11.3 Å². The molecule has 2 rings (SSSR count). The van der Waals surface area contributed by atoms with E-state index < -0.39 is 0 Å². The number of hydrogen-bond donors (Lipinski definition) is 1. The summed E-state index contributed by atoms with van der Waals surface area (Å²) >= 11 is 0. The van der Waals surface area contributed by atoms with Crippen LogP contribution in [0.15, 0.2) is 24.3 Å². The largest absolute Gasteiger partial charge is 0.341 e. The second kappa shape index (κ2) is 6.73. The Bertz CT molecular complexity index is 524. The minimum Gasteiger partial charge on any atom is -0.341 e. The van der Waals surface area contributed by atoms with E-state index in [0.29, 0.717) is 12.1 Å². The predicted molar refractivity (Wildman–Crippen MR) is 82.5 cm³/mol. The highest BCUT2D eigenvalue weighted by Crippen LogP contribution is 2.34. The number of rotatable bonds is 4. The van der Waals surface area contributed by atoms with Crippen LogP contribution in [-0.2, 0) is 11.3 Å². The smallest absolute Gasteiger partial charge is 0.228 e. The van der Waals surface area contributed by atoms with Gasteiger partial charge in [-0.3, -0.25) is 4.79 Å². The van der Waals surface area contributed by atoms with Crippen LogP contribution in [0.25, 0.3) is 0 Å². The third kappa shape index (κ3) is 3.43. The van der Waals surface area contributed by atoms with E-state index >= 15 is 0 Å². The maximum Gasteiger partial charge on any atom is 0.228 e. The van der Waals surface area contributed by atoms with Gasteiger partial charge in [-0.25, -0.2) is 0 Å². The van der Waals surface area contributed by atoms with Crippen molar-refractivity contribution < 1.29 is 4.79 Å². The third-order valence-electron chi connectivity index (χ3n) is 4.54. The molecular formula is C17H23N3O. The average molecular weight is 285 g/mol. The van der Waals surface area contributed by atoms with Gasteiger partial charge in [0.15, 0.2) is 0 Å². The summed E-state index contributed by atoms with van der Waals surface area (Å²) in [5, 5.41) is 12.1. The Morgan fingerprint density at radius 1 is 1.33 bits per heavy atom. The lowest BCUT2D eigenvalue weighted by molar-refractivity contribution is -0.143. The number of amides is 1. The third-order valence-corrected chi connectivity index (χ3v) is 4.54. The van der Waals surface area contributed by atoms with Gasteiger partial charge in [0, 0.05) is 13.6 Å². The molecule has 0 aliphatic carbocycles. The molecule has 4 nitrogen and oxygen atoms in total. The normalized spacial score (nSPS) is 17.0. The van der Waals surface area contributed by atoms with Crippen LogP contribution in [0.3, 0.4) is 0 Å². The second-order valence-corrected chi connectivity index (χ2v) is 5.85. The standard InChI is InChI=1S/C17H23N3O/c1-3-17(8-10-19-11-9-17)16(21)20(2)13-15-6-4-14(12-18)5-7-15/h4-7,19H,3,8-11,13H2,1-2H3. The first-order valence-electron chi connectivity index (χ1n) is 7.56. The van der Waals surface area contributed by atoms with Crippen molar-refractivity contribution in [1.82, 2.24) is 10.2 Å². The summed E-state index contributed by atoms with van der Waals surface area (Å²) in [4.78, 5) is 14.7.